The topological polar surface area (TPSA) is 87.3 Å². The van der Waals surface area contributed by atoms with Gasteiger partial charge in [0.2, 0.25) is 0 Å². The van der Waals surface area contributed by atoms with Gasteiger partial charge in [0, 0.05) is 18.5 Å². The lowest BCUT2D eigenvalue weighted by Crippen LogP contribution is -2.03. The van der Waals surface area contributed by atoms with Crippen LogP contribution in [-0.2, 0) is 6.73 Å². The molecule has 0 unspecified atom stereocenters. The number of benzene rings is 1. The molecule has 7 nitrogen and oxygen atoms in total. The molecule has 18 heavy (non-hydrogen) atoms. The van der Waals surface area contributed by atoms with E-state index in [1.807, 2.05) is 0 Å². The van der Waals surface area contributed by atoms with Gasteiger partial charge in [0.1, 0.15) is 5.75 Å². The van der Waals surface area contributed by atoms with Crippen LogP contribution in [0.4, 0.5) is 5.69 Å². The summed E-state index contributed by atoms with van der Waals surface area (Å²) in [5.74, 6) is 0.386. The Morgan fingerprint density at radius 1 is 1.50 bits per heavy atom. The summed E-state index contributed by atoms with van der Waals surface area (Å²) in [6, 6.07) is 4.02. The average molecular weight is 247 g/mol. The summed E-state index contributed by atoms with van der Waals surface area (Å²) >= 11 is 0. The van der Waals surface area contributed by atoms with E-state index in [2.05, 4.69) is 4.98 Å². The van der Waals surface area contributed by atoms with Crippen molar-refractivity contribution in [1.29, 1.82) is 0 Å². The molecular weight excluding hydrogens is 238 g/mol. The highest BCUT2D eigenvalue weighted by atomic mass is 16.6. The molecule has 2 rings (SSSR count). The van der Waals surface area contributed by atoms with Crippen molar-refractivity contribution in [2.24, 2.45) is 0 Å². The van der Waals surface area contributed by atoms with Crippen LogP contribution in [0, 0.1) is 10.1 Å². The first-order valence-corrected chi connectivity index (χ1v) is 5.03. The first-order chi connectivity index (χ1) is 8.70. The van der Waals surface area contributed by atoms with Crippen LogP contribution in [0.3, 0.4) is 0 Å². The number of nitro groups is 1. The van der Waals surface area contributed by atoms with E-state index >= 15 is 0 Å². The quantitative estimate of drug-likeness (QED) is 0.455. The van der Waals surface area contributed by atoms with Crippen molar-refractivity contribution in [3.8, 4) is 5.75 Å². The Balaban J connectivity index is 2.14. The maximum absolute atomic E-state index is 10.7. The molecule has 0 saturated carbocycles. The van der Waals surface area contributed by atoms with E-state index in [1.165, 1.54) is 18.2 Å². The molecule has 1 heterocycles. The molecule has 0 bridgehead atoms. The second kappa shape index (κ2) is 5.09. The van der Waals surface area contributed by atoms with Crippen molar-refractivity contribution < 1.29 is 14.5 Å². The second-order valence-electron chi connectivity index (χ2n) is 3.45. The van der Waals surface area contributed by atoms with Crippen LogP contribution in [0.25, 0.3) is 0 Å². The Bertz CT molecular complexity index is 566. The number of nitrogens with zero attached hydrogens (tertiary/aromatic N) is 3. The lowest BCUT2D eigenvalue weighted by Gasteiger charge is -2.07. The molecule has 2 aromatic rings. The Kier molecular flexibility index (Phi) is 3.33. The SMILES string of the molecule is O=Cc1cc(OCn2ccnc2)ccc1[N+](=O)[O-]. The molecule has 0 atom stereocenters. The first kappa shape index (κ1) is 11.8. The van der Waals surface area contributed by atoms with E-state index < -0.39 is 4.92 Å². The zero-order chi connectivity index (χ0) is 13.0. The summed E-state index contributed by atoms with van der Waals surface area (Å²) in [5.41, 5.74) is -0.247. The van der Waals surface area contributed by atoms with Crippen molar-refractivity contribution in [3.63, 3.8) is 0 Å². The lowest BCUT2D eigenvalue weighted by atomic mass is 10.2. The number of carbonyl (C=O) groups is 1. The van der Waals surface area contributed by atoms with Gasteiger partial charge in [-0.2, -0.15) is 0 Å². The van der Waals surface area contributed by atoms with Gasteiger partial charge in [0.15, 0.2) is 13.0 Å². The van der Waals surface area contributed by atoms with E-state index in [1.54, 1.807) is 23.3 Å². The number of imidazole rings is 1. The Morgan fingerprint density at radius 3 is 2.94 bits per heavy atom. The van der Waals surface area contributed by atoms with Gasteiger partial charge in [-0.05, 0) is 12.1 Å². The molecule has 0 spiro atoms. The van der Waals surface area contributed by atoms with Crippen molar-refractivity contribution in [1.82, 2.24) is 9.55 Å². The van der Waals surface area contributed by atoms with Crippen molar-refractivity contribution in [3.05, 3.63) is 52.6 Å². The molecule has 0 aliphatic carbocycles. The molecule has 7 heteroatoms. The van der Waals surface area contributed by atoms with Crippen LogP contribution in [0.1, 0.15) is 10.4 Å². The Labute approximate surface area is 102 Å². The zero-order valence-electron chi connectivity index (χ0n) is 9.22. The standard InChI is InChI=1S/C11H9N3O4/c15-6-9-5-10(1-2-11(9)14(16)17)18-8-13-4-3-12-7-13/h1-7H,8H2. The molecular formula is C11H9N3O4. The fourth-order valence-electron chi connectivity index (χ4n) is 1.40. The third kappa shape index (κ3) is 2.51. The van der Waals surface area contributed by atoms with E-state index in [-0.39, 0.29) is 18.0 Å². The second-order valence-corrected chi connectivity index (χ2v) is 3.45. The van der Waals surface area contributed by atoms with E-state index in [4.69, 9.17) is 4.74 Å². The van der Waals surface area contributed by atoms with E-state index in [9.17, 15) is 14.9 Å². The highest BCUT2D eigenvalue weighted by Crippen LogP contribution is 2.22. The summed E-state index contributed by atoms with van der Waals surface area (Å²) < 4.78 is 7.05. The predicted octanol–water partition coefficient (Wildman–Crippen LogP) is 1.64. The number of aromatic nitrogens is 2. The monoisotopic (exact) mass is 247 g/mol. The van der Waals surface area contributed by atoms with Gasteiger partial charge in [0.25, 0.3) is 5.69 Å². The largest absolute Gasteiger partial charge is 0.473 e. The van der Waals surface area contributed by atoms with Crippen LogP contribution in [0.15, 0.2) is 36.9 Å². The van der Waals surface area contributed by atoms with Crippen LogP contribution < -0.4 is 4.74 Å². The zero-order valence-corrected chi connectivity index (χ0v) is 9.22. The van der Waals surface area contributed by atoms with Gasteiger partial charge in [0.05, 0.1) is 16.8 Å². The number of rotatable bonds is 5. The highest BCUT2D eigenvalue weighted by Gasteiger charge is 2.13. The molecule has 0 aliphatic heterocycles. The average Bonchev–Trinajstić information content (AvgIpc) is 2.88. The lowest BCUT2D eigenvalue weighted by molar-refractivity contribution is -0.385. The Morgan fingerprint density at radius 2 is 2.33 bits per heavy atom. The van der Waals surface area contributed by atoms with E-state index in [0.717, 1.165) is 0 Å². The third-order valence-electron chi connectivity index (χ3n) is 2.26. The minimum atomic E-state index is -0.608. The van der Waals surface area contributed by atoms with Gasteiger partial charge in [-0.3, -0.25) is 14.9 Å². The highest BCUT2D eigenvalue weighted by molar-refractivity contribution is 5.82. The normalized spacial score (nSPS) is 10.0. The summed E-state index contributed by atoms with van der Waals surface area (Å²) in [4.78, 5) is 24.6. The number of aldehydes is 1. The molecule has 0 fully saturated rings. The van der Waals surface area contributed by atoms with Crippen molar-refractivity contribution in [2.75, 3.05) is 0 Å². The van der Waals surface area contributed by atoms with Crippen LogP contribution in [0.2, 0.25) is 0 Å². The molecule has 1 aromatic heterocycles. The number of carbonyl (C=O) groups excluding carboxylic acids is 1. The van der Waals surface area contributed by atoms with E-state index in [0.29, 0.717) is 12.0 Å². The minimum Gasteiger partial charge on any atom is -0.473 e. The fourth-order valence-corrected chi connectivity index (χ4v) is 1.40. The summed E-state index contributed by atoms with van der Waals surface area (Å²) in [7, 11) is 0. The third-order valence-corrected chi connectivity index (χ3v) is 2.26. The number of ether oxygens (including phenoxy) is 1. The minimum absolute atomic E-state index is 0.0110. The fraction of sp³-hybridized carbons (Fsp3) is 0.0909. The van der Waals surface area contributed by atoms with Gasteiger partial charge in [-0.1, -0.05) is 0 Å². The number of nitro benzene ring substituents is 1. The maximum Gasteiger partial charge on any atom is 0.280 e. The maximum atomic E-state index is 10.7. The number of hydrogen-bond acceptors (Lipinski definition) is 5. The van der Waals surface area contributed by atoms with Crippen LogP contribution in [0.5, 0.6) is 5.75 Å². The van der Waals surface area contributed by atoms with Gasteiger partial charge in [-0.15, -0.1) is 0 Å². The molecule has 92 valence electrons. The predicted molar refractivity (Wildman–Crippen MR) is 61.3 cm³/mol. The molecule has 0 saturated heterocycles. The Hall–Kier alpha value is -2.70. The van der Waals surface area contributed by atoms with Crippen molar-refractivity contribution >= 4 is 12.0 Å². The first-order valence-electron chi connectivity index (χ1n) is 5.03. The smallest absolute Gasteiger partial charge is 0.280 e. The summed E-state index contributed by atoms with van der Waals surface area (Å²) in [6.45, 7) is 0.218. The molecule has 0 amide bonds. The number of hydrogen-bond donors (Lipinski definition) is 0. The van der Waals surface area contributed by atoms with Gasteiger partial charge >= 0.3 is 0 Å². The molecule has 0 radical (unpaired) electrons. The van der Waals surface area contributed by atoms with Crippen LogP contribution in [-0.4, -0.2) is 20.8 Å². The summed E-state index contributed by atoms with van der Waals surface area (Å²) in [5, 5.41) is 10.6. The van der Waals surface area contributed by atoms with Crippen molar-refractivity contribution in [2.45, 2.75) is 6.73 Å². The molecule has 0 aliphatic rings. The molecule has 1 aromatic carbocycles. The van der Waals surface area contributed by atoms with Crippen LogP contribution >= 0.6 is 0 Å². The van der Waals surface area contributed by atoms with Gasteiger partial charge < -0.3 is 9.30 Å². The summed E-state index contributed by atoms with van der Waals surface area (Å²) in [6.07, 6.45) is 5.33. The molecule has 0 N–H and O–H groups in total. The van der Waals surface area contributed by atoms with Gasteiger partial charge in [-0.25, -0.2) is 4.98 Å².